The number of imidazole rings is 1. The smallest absolute Gasteiger partial charge is 0.191 e. The lowest BCUT2D eigenvalue weighted by atomic mass is 10.1. The van der Waals surface area contributed by atoms with Gasteiger partial charge in [-0.15, -0.1) is 24.0 Å². The van der Waals surface area contributed by atoms with Gasteiger partial charge in [-0.05, 0) is 22.8 Å². The second-order valence-electron chi connectivity index (χ2n) is 7.53. The molecule has 2 N–H and O–H groups in total. The number of aliphatic imine (C=N–C) groups is 1. The minimum absolute atomic E-state index is 0. The number of hydrogen-bond donors (Lipinski definition) is 2. The van der Waals surface area contributed by atoms with Crippen LogP contribution in [0.4, 0.5) is 0 Å². The Morgan fingerprint density at radius 2 is 1.67 bits per heavy atom. The molecule has 0 amide bonds. The molecule has 0 atom stereocenters. The summed E-state index contributed by atoms with van der Waals surface area (Å²) >= 11 is 0. The fourth-order valence-corrected chi connectivity index (χ4v) is 3.64. The van der Waals surface area contributed by atoms with Crippen LogP contribution in [0, 0.1) is 0 Å². The summed E-state index contributed by atoms with van der Waals surface area (Å²) in [6.45, 7) is 3.03. The zero-order valence-corrected chi connectivity index (χ0v) is 21.1. The van der Waals surface area contributed by atoms with Gasteiger partial charge < -0.3 is 15.2 Å². The molecule has 0 unspecified atom stereocenters. The van der Waals surface area contributed by atoms with E-state index in [1.165, 1.54) is 16.7 Å². The zero-order chi connectivity index (χ0) is 22.0. The van der Waals surface area contributed by atoms with Crippen LogP contribution in [0.5, 0.6) is 0 Å². The lowest BCUT2D eigenvalue weighted by molar-refractivity contribution is 0.675. The molecule has 0 fully saturated rings. The molecule has 2 heterocycles. The minimum Gasteiger partial charge on any atom is -0.356 e. The summed E-state index contributed by atoms with van der Waals surface area (Å²) in [7, 11) is 1.79. The van der Waals surface area contributed by atoms with Gasteiger partial charge in [0.25, 0.3) is 0 Å². The highest BCUT2D eigenvalue weighted by molar-refractivity contribution is 14.0. The molecular weight excluding hydrogens is 525 g/mol. The lowest BCUT2D eigenvalue weighted by Crippen LogP contribution is -2.38. The van der Waals surface area contributed by atoms with Crippen molar-refractivity contribution in [3.05, 3.63) is 108 Å². The largest absolute Gasteiger partial charge is 0.356 e. The van der Waals surface area contributed by atoms with Gasteiger partial charge in [-0.1, -0.05) is 54.6 Å². The van der Waals surface area contributed by atoms with Crippen molar-refractivity contribution in [2.24, 2.45) is 4.99 Å². The Labute approximate surface area is 212 Å². The maximum Gasteiger partial charge on any atom is 0.191 e. The predicted molar refractivity (Wildman–Crippen MR) is 143 cm³/mol. The third-order valence-corrected chi connectivity index (χ3v) is 5.32. The molecule has 4 aromatic rings. The third-order valence-electron chi connectivity index (χ3n) is 5.32. The molecule has 0 spiro atoms. The number of benzene rings is 2. The molecule has 0 saturated carbocycles. The number of hydrogen-bond acceptors (Lipinski definition) is 3. The van der Waals surface area contributed by atoms with Gasteiger partial charge in [-0.25, -0.2) is 4.98 Å². The van der Waals surface area contributed by atoms with Crippen molar-refractivity contribution in [1.29, 1.82) is 0 Å². The molecule has 2 aromatic heterocycles. The van der Waals surface area contributed by atoms with Gasteiger partial charge >= 0.3 is 0 Å². The van der Waals surface area contributed by atoms with Crippen molar-refractivity contribution < 1.29 is 0 Å². The van der Waals surface area contributed by atoms with E-state index in [-0.39, 0.29) is 24.0 Å². The van der Waals surface area contributed by atoms with Crippen molar-refractivity contribution in [1.82, 2.24) is 30.0 Å². The van der Waals surface area contributed by atoms with Crippen LogP contribution in [-0.4, -0.2) is 38.9 Å². The molecule has 0 saturated heterocycles. The standard InChI is InChI=1S/C25H29N7.HI/c1-26-25(29-18-22-10-5-6-11-23(22)20-32-16-7-13-30-32)28-14-12-24-27-15-17-31(24)19-21-8-3-2-4-9-21;/h2-11,13,15-17H,12,14,18-20H2,1H3,(H2,26,28,29);1H. The van der Waals surface area contributed by atoms with E-state index in [2.05, 4.69) is 78.8 Å². The zero-order valence-electron chi connectivity index (χ0n) is 18.8. The van der Waals surface area contributed by atoms with Crippen LogP contribution in [-0.2, 0) is 26.1 Å². The first-order valence-corrected chi connectivity index (χ1v) is 10.8. The summed E-state index contributed by atoms with van der Waals surface area (Å²) in [5.74, 6) is 1.83. The van der Waals surface area contributed by atoms with E-state index in [9.17, 15) is 0 Å². The maximum absolute atomic E-state index is 4.53. The van der Waals surface area contributed by atoms with Gasteiger partial charge in [0.1, 0.15) is 5.82 Å². The Kier molecular flexibility index (Phi) is 9.49. The first-order valence-electron chi connectivity index (χ1n) is 10.8. The molecule has 0 aliphatic rings. The van der Waals surface area contributed by atoms with Gasteiger partial charge in [0.2, 0.25) is 0 Å². The molecule has 0 radical (unpaired) electrons. The average Bonchev–Trinajstić information content (AvgIpc) is 3.50. The normalized spacial score (nSPS) is 11.1. The molecule has 8 heteroatoms. The number of rotatable bonds is 9. The van der Waals surface area contributed by atoms with E-state index >= 15 is 0 Å². The maximum atomic E-state index is 4.53. The van der Waals surface area contributed by atoms with Crippen molar-refractivity contribution >= 4 is 29.9 Å². The summed E-state index contributed by atoms with van der Waals surface area (Å²) in [6, 6.07) is 20.8. The van der Waals surface area contributed by atoms with E-state index in [0.29, 0.717) is 6.54 Å². The predicted octanol–water partition coefficient (Wildman–Crippen LogP) is 3.70. The highest BCUT2D eigenvalue weighted by atomic mass is 127. The van der Waals surface area contributed by atoms with E-state index < -0.39 is 0 Å². The molecule has 2 aromatic carbocycles. The number of nitrogens with zero attached hydrogens (tertiary/aromatic N) is 5. The molecular formula is C25H30IN7. The van der Waals surface area contributed by atoms with E-state index in [1.807, 2.05) is 35.4 Å². The average molecular weight is 555 g/mol. The Morgan fingerprint density at radius 1 is 0.879 bits per heavy atom. The first kappa shape index (κ1) is 24.5. The number of guanidine groups is 1. The SMILES string of the molecule is CN=C(NCCc1nccn1Cc1ccccc1)NCc1ccccc1Cn1cccn1.I. The van der Waals surface area contributed by atoms with Crippen molar-refractivity contribution in [2.75, 3.05) is 13.6 Å². The molecule has 0 aliphatic heterocycles. The molecule has 0 aliphatic carbocycles. The summed E-state index contributed by atoms with van der Waals surface area (Å²) in [5, 5.41) is 11.1. The second-order valence-corrected chi connectivity index (χ2v) is 7.53. The van der Waals surface area contributed by atoms with Crippen LogP contribution in [0.3, 0.4) is 0 Å². The molecule has 4 rings (SSSR count). The van der Waals surface area contributed by atoms with Crippen LogP contribution in [0.1, 0.15) is 22.5 Å². The van der Waals surface area contributed by atoms with Crippen molar-refractivity contribution in [3.63, 3.8) is 0 Å². The Bertz CT molecular complexity index is 1120. The number of nitrogens with one attached hydrogen (secondary N) is 2. The third kappa shape index (κ3) is 7.18. The lowest BCUT2D eigenvalue weighted by Gasteiger charge is -2.15. The van der Waals surface area contributed by atoms with Gasteiger partial charge in [0, 0.05) is 57.9 Å². The molecule has 7 nitrogen and oxygen atoms in total. The fraction of sp³-hybridized carbons (Fsp3) is 0.240. The second kappa shape index (κ2) is 12.8. The summed E-state index contributed by atoms with van der Waals surface area (Å²) < 4.78 is 4.13. The summed E-state index contributed by atoms with van der Waals surface area (Å²) in [5.41, 5.74) is 3.73. The van der Waals surface area contributed by atoms with Gasteiger partial charge in [-0.2, -0.15) is 5.10 Å². The van der Waals surface area contributed by atoms with Crippen molar-refractivity contribution in [2.45, 2.75) is 26.1 Å². The van der Waals surface area contributed by atoms with E-state index in [0.717, 1.165) is 37.8 Å². The van der Waals surface area contributed by atoms with Gasteiger partial charge in [-0.3, -0.25) is 9.67 Å². The molecule has 0 bridgehead atoms. The highest BCUT2D eigenvalue weighted by Crippen LogP contribution is 2.10. The number of aromatic nitrogens is 4. The topological polar surface area (TPSA) is 72.1 Å². The van der Waals surface area contributed by atoms with Crippen LogP contribution in [0.25, 0.3) is 0 Å². The van der Waals surface area contributed by atoms with Crippen LogP contribution >= 0.6 is 24.0 Å². The van der Waals surface area contributed by atoms with E-state index in [1.54, 1.807) is 13.2 Å². The van der Waals surface area contributed by atoms with E-state index in [4.69, 9.17) is 0 Å². The Hall–Kier alpha value is -3.14. The van der Waals surface area contributed by atoms with Gasteiger partial charge in [0.15, 0.2) is 5.96 Å². The van der Waals surface area contributed by atoms with Crippen molar-refractivity contribution in [3.8, 4) is 0 Å². The Balaban J connectivity index is 0.00000306. The van der Waals surface area contributed by atoms with Gasteiger partial charge in [0.05, 0.1) is 6.54 Å². The number of halogens is 1. The minimum atomic E-state index is 0. The monoisotopic (exact) mass is 555 g/mol. The molecule has 33 heavy (non-hydrogen) atoms. The summed E-state index contributed by atoms with van der Waals surface area (Å²) in [6.07, 6.45) is 8.49. The quantitative estimate of drug-likeness (QED) is 0.188. The summed E-state index contributed by atoms with van der Waals surface area (Å²) in [4.78, 5) is 8.90. The fourth-order valence-electron chi connectivity index (χ4n) is 3.64. The van der Waals surface area contributed by atoms with Crippen LogP contribution in [0.15, 0.2) is 90.4 Å². The first-order chi connectivity index (χ1) is 15.8. The van der Waals surface area contributed by atoms with Crippen LogP contribution in [0.2, 0.25) is 0 Å². The van der Waals surface area contributed by atoms with Crippen LogP contribution < -0.4 is 10.6 Å². The Morgan fingerprint density at radius 3 is 2.42 bits per heavy atom. The molecule has 172 valence electrons. The highest BCUT2D eigenvalue weighted by Gasteiger charge is 2.07.